The van der Waals surface area contributed by atoms with Crippen molar-refractivity contribution in [2.45, 2.75) is 20.5 Å². The molecule has 0 saturated carbocycles. The lowest BCUT2D eigenvalue weighted by Gasteiger charge is -2.14. The van der Waals surface area contributed by atoms with Crippen LogP contribution >= 0.6 is 0 Å². The number of benzene rings is 2. The third-order valence-electron chi connectivity index (χ3n) is 3.91. The molecule has 0 aliphatic carbocycles. The molecule has 1 N–H and O–H groups in total. The Morgan fingerprint density at radius 3 is 2.64 bits per heavy atom. The number of aromatic hydroxyl groups is 1. The van der Waals surface area contributed by atoms with Crippen molar-refractivity contribution in [3.8, 4) is 17.2 Å². The minimum atomic E-state index is -0.511. The maximum Gasteiger partial charge on any atom is 0.368 e. The van der Waals surface area contributed by atoms with Gasteiger partial charge < -0.3 is 9.84 Å². The number of rotatable bonds is 4. The number of halogens is 1. The van der Waals surface area contributed by atoms with Gasteiger partial charge in [0.25, 0.3) is 0 Å². The Morgan fingerprint density at radius 2 is 1.96 bits per heavy atom. The topological polar surface area (TPSA) is 82.2 Å². The Morgan fingerprint density at radius 1 is 1.20 bits per heavy atom. The van der Waals surface area contributed by atoms with Crippen molar-refractivity contribution in [2.75, 3.05) is 0 Å². The van der Waals surface area contributed by atoms with E-state index in [1.54, 1.807) is 32.0 Å². The summed E-state index contributed by atoms with van der Waals surface area (Å²) in [6, 6.07) is 7.62. The Balaban J connectivity index is 1.97. The van der Waals surface area contributed by atoms with Gasteiger partial charge >= 0.3 is 5.69 Å². The van der Waals surface area contributed by atoms with Crippen LogP contribution in [0.2, 0.25) is 0 Å². The highest BCUT2D eigenvalue weighted by molar-refractivity contribution is 5.45. The largest absolute Gasteiger partial charge is 0.508 e. The maximum atomic E-state index is 14.3. The van der Waals surface area contributed by atoms with E-state index >= 15 is 0 Å². The summed E-state index contributed by atoms with van der Waals surface area (Å²) >= 11 is 0. The van der Waals surface area contributed by atoms with Gasteiger partial charge in [-0.1, -0.05) is 6.07 Å². The van der Waals surface area contributed by atoms with Crippen LogP contribution < -0.4 is 10.4 Å². The van der Waals surface area contributed by atoms with E-state index in [0.717, 1.165) is 14.9 Å². The van der Waals surface area contributed by atoms with Gasteiger partial charge in [0, 0.05) is 7.05 Å². The van der Waals surface area contributed by atoms with Crippen LogP contribution in [0.15, 0.2) is 35.1 Å². The van der Waals surface area contributed by atoms with Gasteiger partial charge in [0.1, 0.15) is 23.9 Å². The average molecular weight is 344 g/mol. The maximum absolute atomic E-state index is 14.3. The van der Waals surface area contributed by atoms with Crippen molar-refractivity contribution in [2.24, 2.45) is 7.05 Å². The first-order valence-corrected chi connectivity index (χ1v) is 7.58. The molecular formula is C17H17FN4O3. The third-order valence-corrected chi connectivity index (χ3v) is 3.91. The summed E-state index contributed by atoms with van der Waals surface area (Å²) in [5.74, 6) is 0.182. The van der Waals surface area contributed by atoms with E-state index in [1.165, 1.54) is 19.2 Å². The minimum Gasteiger partial charge on any atom is -0.508 e. The second-order valence-corrected chi connectivity index (χ2v) is 5.73. The predicted octanol–water partition coefficient (Wildman–Crippen LogP) is 2.01. The monoisotopic (exact) mass is 344 g/mol. The van der Waals surface area contributed by atoms with E-state index in [1.807, 2.05) is 0 Å². The fourth-order valence-corrected chi connectivity index (χ4v) is 2.43. The number of hydrogen-bond acceptors (Lipinski definition) is 5. The molecule has 130 valence electrons. The van der Waals surface area contributed by atoms with Gasteiger partial charge in [-0.3, -0.25) is 0 Å². The zero-order valence-electron chi connectivity index (χ0n) is 14.0. The van der Waals surface area contributed by atoms with Crippen molar-refractivity contribution in [3.05, 3.63) is 63.3 Å². The molecule has 8 heteroatoms. The summed E-state index contributed by atoms with van der Waals surface area (Å²) < 4.78 is 22.1. The lowest BCUT2D eigenvalue weighted by molar-refractivity contribution is 0.296. The molecule has 1 aromatic heterocycles. The SMILES string of the molecule is Cc1cc(OCc2c(F)cccc2-n2nnn(C)c2=O)c(C)cc1O. The molecule has 0 spiro atoms. The molecule has 0 fully saturated rings. The quantitative estimate of drug-likeness (QED) is 0.783. The van der Waals surface area contributed by atoms with E-state index in [-0.39, 0.29) is 23.6 Å². The molecule has 7 nitrogen and oxygen atoms in total. The first kappa shape index (κ1) is 16.7. The number of nitrogens with zero attached hydrogens (tertiary/aromatic N) is 4. The molecule has 0 saturated heterocycles. The third kappa shape index (κ3) is 3.10. The minimum absolute atomic E-state index is 0.101. The molecule has 0 amide bonds. The van der Waals surface area contributed by atoms with Crippen molar-refractivity contribution < 1.29 is 14.2 Å². The second-order valence-electron chi connectivity index (χ2n) is 5.73. The van der Waals surface area contributed by atoms with Gasteiger partial charge in [0.15, 0.2) is 0 Å². The number of ether oxygens (including phenoxy) is 1. The highest BCUT2D eigenvalue weighted by Gasteiger charge is 2.16. The summed E-state index contributed by atoms with van der Waals surface area (Å²) in [6.07, 6.45) is 0. The summed E-state index contributed by atoms with van der Waals surface area (Å²) in [5, 5.41) is 17.1. The number of phenolic OH excluding ortho intramolecular Hbond substituents is 1. The molecule has 3 rings (SSSR count). The van der Waals surface area contributed by atoms with E-state index in [0.29, 0.717) is 11.3 Å². The van der Waals surface area contributed by atoms with Gasteiger partial charge in [-0.2, -0.15) is 9.36 Å². The number of phenols is 1. The number of aryl methyl sites for hydroxylation is 3. The van der Waals surface area contributed by atoms with Crippen LogP contribution in [0.3, 0.4) is 0 Å². The van der Waals surface area contributed by atoms with Crippen LogP contribution in [-0.2, 0) is 13.7 Å². The Bertz CT molecular complexity index is 994. The van der Waals surface area contributed by atoms with Crippen LogP contribution in [-0.4, -0.2) is 24.9 Å². The molecule has 3 aromatic rings. The van der Waals surface area contributed by atoms with E-state index in [9.17, 15) is 14.3 Å². The molecule has 0 radical (unpaired) electrons. The van der Waals surface area contributed by atoms with E-state index in [2.05, 4.69) is 10.4 Å². The van der Waals surface area contributed by atoms with Crippen molar-refractivity contribution >= 4 is 0 Å². The summed E-state index contributed by atoms with van der Waals surface area (Å²) in [5.41, 5.74) is 1.35. The van der Waals surface area contributed by atoms with Gasteiger partial charge in [0.05, 0.1) is 11.3 Å². The van der Waals surface area contributed by atoms with Gasteiger partial charge in [-0.15, -0.1) is 0 Å². The molecule has 2 aromatic carbocycles. The van der Waals surface area contributed by atoms with Crippen LogP contribution in [0.4, 0.5) is 4.39 Å². The first-order chi connectivity index (χ1) is 11.9. The van der Waals surface area contributed by atoms with Gasteiger partial charge in [-0.25, -0.2) is 9.18 Å². The van der Waals surface area contributed by atoms with Gasteiger partial charge in [-0.05, 0) is 59.7 Å². The molecule has 0 aliphatic rings. The lowest BCUT2D eigenvalue weighted by Crippen LogP contribution is -2.23. The highest BCUT2D eigenvalue weighted by Crippen LogP contribution is 2.28. The molecule has 25 heavy (non-hydrogen) atoms. The number of hydrogen-bond donors (Lipinski definition) is 1. The van der Waals surface area contributed by atoms with Crippen molar-refractivity contribution in [1.82, 2.24) is 19.8 Å². The summed E-state index contributed by atoms with van der Waals surface area (Å²) in [7, 11) is 1.46. The number of tetrazole rings is 1. The smallest absolute Gasteiger partial charge is 0.368 e. The summed E-state index contributed by atoms with van der Waals surface area (Å²) in [4.78, 5) is 12.1. The molecule has 0 unspecified atom stereocenters. The van der Waals surface area contributed by atoms with Crippen LogP contribution in [0.1, 0.15) is 16.7 Å². The van der Waals surface area contributed by atoms with E-state index < -0.39 is 11.5 Å². The Kier molecular flexibility index (Phi) is 4.26. The Hall–Kier alpha value is -3.16. The molecule has 1 heterocycles. The fourth-order valence-electron chi connectivity index (χ4n) is 2.43. The van der Waals surface area contributed by atoms with Crippen LogP contribution in [0.25, 0.3) is 5.69 Å². The standard InChI is InChI=1S/C17H17FN4O3/c1-10-8-16(11(2)7-15(10)23)25-9-12-13(18)5-4-6-14(12)22-17(24)21(3)19-20-22/h4-8,23H,9H2,1-3H3. The predicted molar refractivity (Wildman–Crippen MR) is 88.5 cm³/mol. The summed E-state index contributed by atoms with van der Waals surface area (Å²) in [6.45, 7) is 3.43. The van der Waals surface area contributed by atoms with Crippen LogP contribution in [0.5, 0.6) is 11.5 Å². The zero-order chi connectivity index (χ0) is 18.1. The first-order valence-electron chi connectivity index (χ1n) is 7.58. The van der Waals surface area contributed by atoms with Crippen LogP contribution in [0, 0.1) is 19.7 Å². The normalized spacial score (nSPS) is 10.9. The zero-order valence-corrected chi connectivity index (χ0v) is 14.0. The molecule has 0 aliphatic heterocycles. The van der Waals surface area contributed by atoms with Crippen molar-refractivity contribution in [3.63, 3.8) is 0 Å². The molecule has 0 atom stereocenters. The van der Waals surface area contributed by atoms with E-state index in [4.69, 9.17) is 4.74 Å². The highest BCUT2D eigenvalue weighted by atomic mass is 19.1. The molecular weight excluding hydrogens is 327 g/mol. The second kappa shape index (κ2) is 6.39. The number of aromatic nitrogens is 4. The molecule has 0 bridgehead atoms. The fraction of sp³-hybridized carbons (Fsp3) is 0.235. The van der Waals surface area contributed by atoms with Crippen molar-refractivity contribution in [1.29, 1.82) is 0 Å². The van der Waals surface area contributed by atoms with Gasteiger partial charge in [0.2, 0.25) is 0 Å². The average Bonchev–Trinajstić information content (AvgIpc) is 2.90. The lowest BCUT2D eigenvalue weighted by atomic mass is 10.1. The Labute approximate surface area is 142 Å².